The first kappa shape index (κ1) is 23.6. The SMILES string of the molecule is CC[C@H](Oc1ccc(-c2cnc3ccccc3n2)cc1)C(=O)N1CCN(c2cccc(OC)c2)CC1. The van der Waals surface area contributed by atoms with Crippen molar-refractivity contribution in [1.29, 1.82) is 0 Å². The number of carbonyl (C=O) groups is 1. The smallest absolute Gasteiger partial charge is 0.263 e. The van der Waals surface area contributed by atoms with Crippen molar-refractivity contribution in [2.75, 3.05) is 38.2 Å². The van der Waals surface area contributed by atoms with Crippen molar-refractivity contribution >= 4 is 22.6 Å². The largest absolute Gasteiger partial charge is 0.497 e. The van der Waals surface area contributed by atoms with Gasteiger partial charge in [-0.25, -0.2) is 4.98 Å². The van der Waals surface area contributed by atoms with Crippen LogP contribution >= 0.6 is 0 Å². The highest BCUT2D eigenvalue weighted by Crippen LogP contribution is 2.25. The van der Waals surface area contributed by atoms with Crippen molar-refractivity contribution in [2.45, 2.75) is 19.4 Å². The highest BCUT2D eigenvalue weighted by Gasteiger charge is 2.28. The zero-order chi connectivity index (χ0) is 24.9. The number of carbonyl (C=O) groups excluding carboxylic acids is 1. The minimum Gasteiger partial charge on any atom is -0.497 e. The molecular formula is C29H30N4O3. The molecule has 0 N–H and O–H groups in total. The van der Waals surface area contributed by atoms with Gasteiger partial charge in [0.15, 0.2) is 6.10 Å². The standard InChI is InChI=1S/C29H30N4O3/c1-3-28(29(34)33-17-15-32(16-18-33)22-7-6-8-24(19-22)35-2)36-23-13-11-21(12-14-23)27-20-30-25-9-4-5-10-26(25)31-27/h4-14,19-20,28H,3,15-18H2,1-2H3/t28-/m0/s1. The monoisotopic (exact) mass is 482 g/mol. The molecule has 2 heterocycles. The maximum atomic E-state index is 13.2. The lowest BCUT2D eigenvalue weighted by atomic mass is 10.1. The van der Waals surface area contributed by atoms with Gasteiger partial charge in [-0.05, 0) is 55.0 Å². The van der Waals surface area contributed by atoms with Gasteiger partial charge in [0.25, 0.3) is 5.91 Å². The van der Waals surface area contributed by atoms with E-state index < -0.39 is 6.10 Å². The Morgan fingerprint density at radius 3 is 2.39 bits per heavy atom. The van der Waals surface area contributed by atoms with Gasteiger partial charge in [-0.1, -0.05) is 25.1 Å². The fourth-order valence-electron chi connectivity index (χ4n) is 4.47. The third-order valence-electron chi connectivity index (χ3n) is 6.53. The van der Waals surface area contributed by atoms with Gasteiger partial charge in [0.2, 0.25) is 0 Å². The Bertz CT molecular complexity index is 1330. The molecule has 184 valence electrons. The zero-order valence-corrected chi connectivity index (χ0v) is 20.6. The summed E-state index contributed by atoms with van der Waals surface area (Å²) in [5.74, 6) is 1.54. The van der Waals surface area contributed by atoms with E-state index in [-0.39, 0.29) is 5.91 Å². The maximum absolute atomic E-state index is 13.2. The molecule has 0 bridgehead atoms. The maximum Gasteiger partial charge on any atom is 0.263 e. The molecule has 1 fully saturated rings. The fourth-order valence-corrected chi connectivity index (χ4v) is 4.47. The van der Waals surface area contributed by atoms with Crippen molar-refractivity contribution in [3.8, 4) is 22.8 Å². The molecular weight excluding hydrogens is 452 g/mol. The van der Waals surface area contributed by atoms with E-state index in [1.54, 1.807) is 13.3 Å². The van der Waals surface area contributed by atoms with E-state index in [1.807, 2.05) is 78.6 Å². The molecule has 1 aliphatic rings. The van der Waals surface area contributed by atoms with Crippen LogP contribution in [0.3, 0.4) is 0 Å². The number of ether oxygens (including phenoxy) is 2. The average Bonchev–Trinajstić information content (AvgIpc) is 2.95. The van der Waals surface area contributed by atoms with Crippen molar-refractivity contribution in [3.63, 3.8) is 0 Å². The third-order valence-corrected chi connectivity index (χ3v) is 6.53. The topological polar surface area (TPSA) is 67.8 Å². The van der Waals surface area contributed by atoms with Crippen LogP contribution in [0.2, 0.25) is 0 Å². The molecule has 0 saturated carbocycles. The fraction of sp³-hybridized carbons (Fsp3) is 0.276. The van der Waals surface area contributed by atoms with Gasteiger partial charge in [0.05, 0.1) is 30.0 Å². The number of hydrogen-bond acceptors (Lipinski definition) is 6. The predicted octanol–water partition coefficient (Wildman–Crippen LogP) is 4.81. The molecule has 4 aromatic rings. The lowest BCUT2D eigenvalue weighted by molar-refractivity contribution is -0.139. The second-order valence-electron chi connectivity index (χ2n) is 8.80. The van der Waals surface area contributed by atoms with Gasteiger partial charge in [0, 0.05) is 43.5 Å². The molecule has 0 aliphatic carbocycles. The first-order chi connectivity index (χ1) is 17.6. The van der Waals surface area contributed by atoms with Crippen molar-refractivity contribution in [2.24, 2.45) is 0 Å². The molecule has 1 saturated heterocycles. The summed E-state index contributed by atoms with van der Waals surface area (Å²) in [6.45, 7) is 4.85. The summed E-state index contributed by atoms with van der Waals surface area (Å²) in [5.41, 5.74) is 4.60. The molecule has 1 aromatic heterocycles. The summed E-state index contributed by atoms with van der Waals surface area (Å²) in [4.78, 5) is 26.6. The summed E-state index contributed by atoms with van der Waals surface area (Å²) in [7, 11) is 1.67. The predicted molar refractivity (Wildman–Crippen MR) is 141 cm³/mol. The lowest BCUT2D eigenvalue weighted by Crippen LogP contribution is -2.52. The number of benzene rings is 3. The average molecular weight is 483 g/mol. The van der Waals surface area contributed by atoms with Gasteiger partial charge in [-0.15, -0.1) is 0 Å². The molecule has 1 amide bonds. The van der Waals surface area contributed by atoms with Gasteiger partial charge in [0.1, 0.15) is 11.5 Å². The zero-order valence-electron chi connectivity index (χ0n) is 20.6. The number of amides is 1. The van der Waals surface area contributed by atoms with Crippen molar-refractivity contribution < 1.29 is 14.3 Å². The Morgan fingerprint density at radius 1 is 0.917 bits per heavy atom. The van der Waals surface area contributed by atoms with Crippen molar-refractivity contribution in [1.82, 2.24) is 14.9 Å². The molecule has 5 rings (SSSR count). The Morgan fingerprint density at radius 2 is 1.67 bits per heavy atom. The molecule has 0 radical (unpaired) electrons. The molecule has 36 heavy (non-hydrogen) atoms. The van der Waals surface area contributed by atoms with Crippen LogP contribution in [0.5, 0.6) is 11.5 Å². The number of piperazine rings is 1. The molecule has 0 unspecified atom stereocenters. The number of nitrogens with zero attached hydrogens (tertiary/aromatic N) is 4. The van der Waals surface area contributed by atoms with E-state index in [2.05, 4.69) is 16.0 Å². The summed E-state index contributed by atoms with van der Waals surface area (Å²) in [6.07, 6.45) is 1.87. The minimum absolute atomic E-state index is 0.0345. The van der Waals surface area contributed by atoms with E-state index in [1.165, 1.54) is 0 Å². The Labute approximate surface area is 211 Å². The molecule has 0 spiro atoms. The molecule has 3 aromatic carbocycles. The minimum atomic E-state index is -0.514. The quantitative estimate of drug-likeness (QED) is 0.377. The van der Waals surface area contributed by atoms with E-state index in [0.29, 0.717) is 25.3 Å². The Kier molecular flexibility index (Phi) is 6.98. The van der Waals surface area contributed by atoms with Crippen LogP contribution in [0.15, 0.2) is 79.0 Å². The summed E-state index contributed by atoms with van der Waals surface area (Å²) in [5, 5.41) is 0. The molecule has 7 nitrogen and oxygen atoms in total. The van der Waals surface area contributed by atoms with Crippen LogP contribution in [0.25, 0.3) is 22.3 Å². The summed E-state index contributed by atoms with van der Waals surface area (Å²) in [6, 6.07) is 23.5. The van der Waals surface area contributed by atoms with Crippen LogP contribution in [-0.4, -0.2) is 60.2 Å². The number of para-hydroxylation sites is 2. The van der Waals surface area contributed by atoms with Crippen molar-refractivity contribution in [3.05, 3.63) is 79.0 Å². The number of anilines is 1. The first-order valence-corrected chi connectivity index (χ1v) is 12.3. The second kappa shape index (κ2) is 10.6. The molecule has 1 aliphatic heterocycles. The van der Waals surface area contributed by atoms with Crippen LogP contribution in [-0.2, 0) is 4.79 Å². The van der Waals surface area contributed by atoms with Crippen LogP contribution in [0, 0.1) is 0 Å². The van der Waals surface area contributed by atoms with Gasteiger partial charge < -0.3 is 19.3 Å². The van der Waals surface area contributed by atoms with E-state index >= 15 is 0 Å². The van der Waals surface area contributed by atoms with Gasteiger partial charge >= 0.3 is 0 Å². The van der Waals surface area contributed by atoms with E-state index in [0.717, 1.165) is 46.8 Å². The van der Waals surface area contributed by atoms with E-state index in [9.17, 15) is 4.79 Å². The highest BCUT2D eigenvalue weighted by molar-refractivity contribution is 5.81. The van der Waals surface area contributed by atoms with Crippen LogP contribution in [0.1, 0.15) is 13.3 Å². The van der Waals surface area contributed by atoms with E-state index in [4.69, 9.17) is 14.5 Å². The Hall–Kier alpha value is -4.13. The number of fused-ring (bicyclic) bond motifs is 1. The highest BCUT2D eigenvalue weighted by atomic mass is 16.5. The first-order valence-electron chi connectivity index (χ1n) is 12.3. The summed E-state index contributed by atoms with van der Waals surface area (Å²) >= 11 is 0. The summed E-state index contributed by atoms with van der Waals surface area (Å²) < 4.78 is 11.5. The lowest BCUT2D eigenvalue weighted by Gasteiger charge is -2.37. The molecule has 7 heteroatoms. The Balaban J connectivity index is 1.20. The number of rotatable bonds is 7. The third kappa shape index (κ3) is 5.10. The molecule has 1 atom stereocenters. The van der Waals surface area contributed by atoms with Crippen LogP contribution in [0.4, 0.5) is 5.69 Å². The number of methoxy groups -OCH3 is 1. The number of hydrogen-bond donors (Lipinski definition) is 0. The van der Waals surface area contributed by atoms with Gasteiger partial charge in [-0.3, -0.25) is 9.78 Å². The van der Waals surface area contributed by atoms with Crippen LogP contribution < -0.4 is 14.4 Å². The van der Waals surface area contributed by atoms with Gasteiger partial charge in [-0.2, -0.15) is 0 Å². The number of aromatic nitrogens is 2. The second-order valence-corrected chi connectivity index (χ2v) is 8.80. The normalized spacial score (nSPS) is 14.5.